The van der Waals surface area contributed by atoms with E-state index in [4.69, 9.17) is 34.8 Å². The minimum Gasteiger partial charge on any atom is -0.255 e. The van der Waals surface area contributed by atoms with Crippen molar-refractivity contribution in [2.75, 3.05) is 0 Å². The summed E-state index contributed by atoms with van der Waals surface area (Å²) in [4.78, 5) is 8.00. The molecule has 0 aliphatic rings. The third-order valence-corrected chi connectivity index (χ3v) is 2.49. The monoisotopic (exact) mass is 258 g/mol. The molecule has 0 radical (unpaired) electrons. The van der Waals surface area contributed by atoms with Gasteiger partial charge in [-0.05, 0) is 24.3 Å². The zero-order valence-electron chi connectivity index (χ0n) is 7.42. The Bertz CT molecular complexity index is 480. The predicted octanol–water partition coefficient (Wildman–Crippen LogP) is 4.10. The summed E-state index contributed by atoms with van der Waals surface area (Å²) in [6, 6.07) is 6.85. The minimum atomic E-state index is 0.319. The van der Waals surface area contributed by atoms with Crippen LogP contribution in [-0.4, -0.2) is 9.97 Å². The highest BCUT2D eigenvalue weighted by molar-refractivity contribution is 6.34. The van der Waals surface area contributed by atoms with Gasteiger partial charge in [-0.2, -0.15) is 0 Å². The molecule has 0 aromatic carbocycles. The first kappa shape index (κ1) is 10.7. The molecule has 0 bridgehead atoms. The lowest BCUT2D eigenvalue weighted by atomic mass is 10.2. The quantitative estimate of drug-likeness (QED) is 0.721. The Balaban J connectivity index is 2.59. The van der Waals surface area contributed by atoms with Gasteiger partial charge in [0.15, 0.2) is 0 Å². The van der Waals surface area contributed by atoms with Gasteiger partial charge in [0, 0.05) is 11.8 Å². The molecule has 0 amide bonds. The average molecular weight is 260 g/mol. The Morgan fingerprint density at radius 3 is 2.27 bits per heavy atom. The lowest BCUT2D eigenvalue weighted by Gasteiger charge is -2.03. The van der Waals surface area contributed by atoms with E-state index < -0.39 is 0 Å². The fourth-order valence-corrected chi connectivity index (χ4v) is 1.89. The van der Waals surface area contributed by atoms with Crippen molar-refractivity contribution in [2.45, 2.75) is 0 Å². The second-order valence-corrected chi connectivity index (χ2v) is 4.02. The number of hydrogen-bond donors (Lipinski definition) is 0. The fourth-order valence-electron chi connectivity index (χ4n) is 1.20. The molecule has 0 aliphatic heterocycles. The average Bonchev–Trinajstić information content (AvgIpc) is 2.16. The molecule has 0 saturated carbocycles. The molecule has 0 saturated heterocycles. The molecule has 2 aromatic heterocycles. The SMILES string of the molecule is Clc1cc(-c2ncccc2Cl)cc(Cl)n1. The predicted molar refractivity (Wildman–Crippen MR) is 62.5 cm³/mol. The number of aromatic nitrogens is 2. The number of hydrogen-bond acceptors (Lipinski definition) is 2. The molecule has 5 heteroatoms. The van der Waals surface area contributed by atoms with Crippen LogP contribution in [0.1, 0.15) is 0 Å². The van der Waals surface area contributed by atoms with Crippen molar-refractivity contribution >= 4 is 34.8 Å². The highest BCUT2D eigenvalue weighted by Gasteiger charge is 2.06. The summed E-state index contributed by atoms with van der Waals surface area (Å²) in [5.74, 6) is 0. The Hall–Kier alpha value is -0.830. The summed E-state index contributed by atoms with van der Waals surface area (Å²) in [6.45, 7) is 0. The summed E-state index contributed by atoms with van der Waals surface area (Å²) in [5, 5.41) is 1.19. The molecule has 2 nitrogen and oxygen atoms in total. The molecule has 0 aliphatic carbocycles. The van der Waals surface area contributed by atoms with Crippen LogP contribution in [0.5, 0.6) is 0 Å². The van der Waals surface area contributed by atoms with Crippen molar-refractivity contribution in [3.8, 4) is 11.3 Å². The van der Waals surface area contributed by atoms with Gasteiger partial charge in [-0.15, -0.1) is 0 Å². The Labute approximate surface area is 102 Å². The van der Waals surface area contributed by atoms with Crippen molar-refractivity contribution in [3.63, 3.8) is 0 Å². The van der Waals surface area contributed by atoms with Gasteiger partial charge in [0.25, 0.3) is 0 Å². The van der Waals surface area contributed by atoms with Crippen molar-refractivity contribution in [3.05, 3.63) is 45.8 Å². The van der Waals surface area contributed by atoms with E-state index >= 15 is 0 Å². The van der Waals surface area contributed by atoms with Crippen LogP contribution in [0, 0.1) is 0 Å². The van der Waals surface area contributed by atoms with Crippen LogP contribution in [0.25, 0.3) is 11.3 Å². The van der Waals surface area contributed by atoms with Crippen molar-refractivity contribution in [2.24, 2.45) is 0 Å². The normalized spacial score (nSPS) is 10.3. The summed E-state index contributed by atoms with van der Waals surface area (Å²) >= 11 is 17.6. The number of pyridine rings is 2. The van der Waals surface area contributed by atoms with Gasteiger partial charge in [-0.1, -0.05) is 34.8 Å². The lowest BCUT2D eigenvalue weighted by molar-refractivity contribution is 1.29. The molecule has 15 heavy (non-hydrogen) atoms. The summed E-state index contributed by atoms with van der Waals surface area (Å²) in [7, 11) is 0. The van der Waals surface area contributed by atoms with Crippen LogP contribution in [0.2, 0.25) is 15.3 Å². The zero-order chi connectivity index (χ0) is 10.8. The topological polar surface area (TPSA) is 25.8 Å². The van der Waals surface area contributed by atoms with Gasteiger partial charge in [0.2, 0.25) is 0 Å². The molecular weight excluding hydrogens is 254 g/mol. The standard InChI is InChI=1S/C10H5Cl3N2/c11-7-2-1-3-14-10(7)6-4-8(12)15-9(13)5-6/h1-5H. The van der Waals surface area contributed by atoms with E-state index in [0.29, 0.717) is 21.0 Å². The van der Waals surface area contributed by atoms with Gasteiger partial charge in [0.1, 0.15) is 10.3 Å². The first-order chi connectivity index (χ1) is 7.16. The number of halogens is 3. The van der Waals surface area contributed by atoms with E-state index in [1.165, 1.54) is 0 Å². The lowest BCUT2D eigenvalue weighted by Crippen LogP contribution is -1.86. The van der Waals surface area contributed by atoms with Gasteiger partial charge >= 0.3 is 0 Å². The van der Waals surface area contributed by atoms with Crippen molar-refractivity contribution in [1.82, 2.24) is 9.97 Å². The van der Waals surface area contributed by atoms with Crippen molar-refractivity contribution in [1.29, 1.82) is 0 Å². The third-order valence-electron chi connectivity index (χ3n) is 1.79. The van der Waals surface area contributed by atoms with Crippen LogP contribution in [0.4, 0.5) is 0 Å². The molecule has 2 heterocycles. The second-order valence-electron chi connectivity index (χ2n) is 2.84. The van der Waals surface area contributed by atoms with Crippen LogP contribution in [0.15, 0.2) is 30.5 Å². The first-order valence-corrected chi connectivity index (χ1v) is 5.24. The largest absolute Gasteiger partial charge is 0.255 e. The maximum absolute atomic E-state index is 5.99. The second kappa shape index (κ2) is 4.35. The summed E-state index contributed by atoms with van der Waals surface area (Å²) < 4.78 is 0. The highest BCUT2D eigenvalue weighted by atomic mass is 35.5. The van der Waals surface area contributed by atoms with Gasteiger partial charge < -0.3 is 0 Å². The maximum Gasteiger partial charge on any atom is 0.131 e. The summed E-state index contributed by atoms with van der Waals surface area (Å²) in [5.41, 5.74) is 1.40. The first-order valence-electron chi connectivity index (χ1n) is 4.11. The molecule has 2 rings (SSSR count). The molecule has 0 unspecified atom stereocenters. The number of nitrogens with zero attached hydrogens (tertiary/aromatic N) is 2. The highest BCUT2D eigenvalue weighted by Crippen LogP contribution is 2.28. The molecule has 0 atom stereocenters. The molecule has 0 spiro atoms. The van der Waals surface area contributed by atoms with Crippen molar-refractivity contribution < 1.29 is 0 Å². The van der Waals surface area contributed by atoms with Crippen LogP contribution in [0.3, 0.4) is 0 Å². The number of rotatable bonds is 1. The Morgan fingerprint density at radius 1 is 1.00 bits per heavy atom. The third kappa shape index (κ3) is 2.40. The van der Waals surface area contributed by atoms with E-state index in [2.05, 4.69) is 9.97 Å². The van der Waals surface area contributed by atoms with E-state index in [0.717, 1.165) is 5.56 Å². The smallest absolute Gasteiger partial charge is 0.131 e. The van der Waals surface area contributed by atoms with E-state index in [9.17, 15) is 0 Å². The Kier molecular flexibility index (Phi) is 3.10. The van der Waals surface area contributed by atoms with Gasteiger partial charge in [-0.25, -0.2) is 4.98 Å². The van der Waals surface area contributed by atoms with Crippen LogP contribution < -0.4 is 0 Å². The zero-order valence-corrected chi connectivity index (χ0v) is 9.68. The molecule has 0 N–H and O–H groups in total. The molecule has 2 aromatic rings. The molecule has 0 fully saturated rings. The van der Waals surface area contributed by atoms with Gasteiger partial charge in [-0.3, -0.25) is 4.98 Å². The van der Waals surface area contributed by atoms with Gasteiger partial charge in [0.05, 0.1) is 10.7 Å². The van der Waals surface area contributed by atoms with E-state index in [-0.39, 0.29) is 0 Å². The van der Waals surface area contributed by atoms with Crippen LogP contribution in [-0.2, 0) is 0 Å². The molecular formula is C10H5Cl3N2. The van der Waals surface area contributed by atoms with E-state index in [1.807, 2.05) is 0 Å². The molecule has 76 valence electrons. The Morgan fingerprint density at radius 2 is 1.67 bits per heavy atom. The van der Waals surface area contributed by atoms with Crippen LogP contribution >= 0.6 is 34.8 Å². The fraction of sp³-hybridized carbons (Fsp3) is 0. The minimum absolute atomic E-state index is 0.319. The maximum atomic E-state index is 5.99. The summed E-state index contributed by atoms with van der Waals surface area (Å²) in [6.07, 6.45) is 1.66. The van der Waals surface area contributed by atoms with E-state index in [1.54, 1.807) is 30.5 Å².